The summed E-state index contributed by atoms with van der Waals surface area (Å²) >= 11 is 12.7. The van der Waals surface area contributed by atoms with E-state index in [9.17, 15) is 39.7 Å². The molecule has 2 saturated heterocycles. The van der Waals surface area contributed by atoms with Gasteiger partial charge < -0.3 is 19.2 Å². The number of rotatable bonds is 10. The third-order valence-corrected chi connectivity index (χ3v) is 12.4. The molecule has 4 amide bonds. The fourth-order valence-electron chi connectivity index (χ4n) is 9.50. The molecule has 2 aliphatic carbocycles. The number of amides is 4. The van der Waals surface area contributed by atoms with Crippen molar-refractivity contribution in [2.24, 2.45) is 23.7 Å². The molecule has 3 fully saturated rings. The first-order valence-electron chi connectivity index (χ1n) is 18.3. The summed E-state index contributed by atoms with van der Waals surface area (Å²) in [6.45, 7) is -0.485. The van der Waals surface area contributed by atoms with Gasteiger partial charge in [-0.05, 0) is 66.8 Å². The van der Waals surface area contributed by atoms with Crippen molar-refractivity contribution in [1.82, 2.24) is 5.01 Å². The number of aliphatic hydroxyl groups is 1. The Morgan fingerprint density at radius 3 is 2.19 bits per heavy atom. The first-order valence-corrected chi connectivity index (χ1v) is 19.1. The number of fused-ring (bicyclic) bond motifs is 4. The number of methoxy groups -OCH3 is 1. The van der Waals surface area contributed by atoms with E-state index in [0.29, 0.717) is 21.9 Å². The minimum Gasteiger partial charge on any atom is -0.497 e. The summed E-state index contributed by atoms with van der Waals surface area (Å²) in [6, 6.07) is 16.2. The van der Waals surface area contributed by atoms with Gasteiger partial charge in [0.25, 0.3) is 11.8 Å². The van der Waals surface area contributed by atoms with Crippen LogP contribution in [0.4, 0.5) is 28.4 Å². The number of nitrogens with zero attached hydrogens (tertiary/aromatic N) is 5. The summed E-state index contributed by atoms with van der Waals surface area (Å²) in [4.78, 5) is 84.1. The highest BCUT2D eigenvalue weighted by Gasteiger charge is 2.71. The summed E-state index contributed by atoms with van der Waals surface area (Å²) < 4.78 is 11.6. The van der Waals surface area contributed by atoms with Gasteiger partial charge in [0.05, 0.1) is 57.0 Å². The normalized spacial score (nSPS) is 24.7. The fourth-order valence-corrected chi connectivity index (χ4v) is 9.95. The molecule has 6 unspecified atom stereocenters. The predicted molar refractivity (Wildman–Crippen MR) is 212 cm³/mol. The molecule has 4 aromatic rings. The third kappa shape index (κ3) is 5.93. The van der Waals surface area contributed by atoms with Crippen molar-refractivity contribution in [3.63, 3.8) is 0 Å². The Morgan fingerprint density at radius 1 is 0.932 bits per heavy atom. The zero-order valence-electron chi connectivity index (χ0n) is 31.5. The maximum atomic E-state index is 15.4. The van der Waals surface area contributed by atoms with E-state index in [0.717, 1.165) is 22.0 Å². The number of carbonyl (C=O) groups is 4. The van der Waals surface area contributed by atoms with Crippen LogP contribution < -0.4 is 20.0 Å². The largest absolute Gasteiger partial charge is 0.497 e. The molecule has 0 bridgehead atoms. The predicted octanol–water partition coefficient (Wildman–Crippen LogP) is 6.16. The van der Waals surface area contributed by atoms with Gasteiger partial charge in [-0.15, -0.1) is 0 Å². The van der Waals surface area contributed by atoms with Gasteiger partial charge in [0.2, 0.25) is 11.8 Å². The van der Waals surface area contributed by atoms with Gasteiger partial charge in [0.1, 0.15) is 29.3 Å². The minimum absolute atomic E-state index is 0.0184. The van der Waals surface area contributed by atoms with Gasteiger partial charge in [0, 0.05) is 31.3 Å². The molecule has 1 saturated carbocycles. The Bertz CT molecular complexity index is 2490. The summed E-state index contributed by atoms with van der Waals surface area (Å²) in [5.41, 5.74) is 0.264. The van der Waals surface area contributed by atoms with Crippen LogP contribution in [0.1, 0.15) is 35.8 Å². The maximum Gasteiger partial charge on any atom is 0.301 e. The van der Waals surface area contributed by atoms with E-state index in [1.807, 2.05) is 0 Å². The Hall–Kier alpha value is -6.30. The van der Waals surface area contributed by atoms with E-state index in [1.54, 1.807) is 36.4 Å². The molecule has 8 rings (SSSR count). The van der Waals surface area contributed by atoms with Crippen LogP contribution in [0.25, 0.3) is 0 Å². The van der Waals surface area contributed by atoms with Gasteiger partial charge in [-0.2, -0.15) is 5.01 Å². The van der Waals surface area contributed by atoms with Gasteiger partial charge in [-0.3, -0.25) is 44.8 Å². The molecule has 6 atom stereocenters. The number of nitrogens with one attached hydrogen (secondary N) is 1. The van der Waals surface area contributed by atoms with Gasteiger partial charge in [-0.1, -0.05) is 47.0 Å². The molecular weight excluding hydrogens is 811 g/mol. The van der Waals surface area contributed by atoms with Crippen molar-refractivity contribution >= 4 is 75.3 Å². The van der Waals surface area contributed by atoms with E-state index in [-0.39, 0.29) is 46.4 Å². The highest BCUT2D eigenvalue weighted by Crippen LogP contribution is 2.64. The number of hydrogen-bond donors (Lipinski definition) is 2. The van der Waals surface area contributed by atoms with E-state index in [4.69, 9.17) is 32.4 Å². The van der Waals surface area contributed by atoms with Crippen LogP contribution in [-0.2, 0) is 31.2 Å². The molecule has 59 heavy (non-hydrogen) atoms. The van der Waals surface area contributed by atoms with Crippen LogP contribution in [0.5, 0.6) is 5.75 Å². The first kappa shape index (κ1) is 39.5. The number of halogens is 2. The molecule has 2 aliphatic heterocycles. The van der Waals surface area contributed by atoms with Gasteiger partial charge in [0.15, 0.2) is 5.69 Å². The Labute approximate surface area is 345 Å². The molecule has 1 aromatic heterocycles. The van der Waals surface area contributed by atoms with Crippen molar-refractivity contribution in [2.75, 3.05) is 36.4 Å². The molecule has 2 N–H and O–H groups in total. The van der Waals surface area contributed by atoms with Crippen molar-refractivity contribution in [1.29, 1.82) is 0 Å². The van der Waals surface area contributed by atoms with Crippen LogP contribution in [-0.4, -0.2) is 64.8 Å². The van der Waals surface area contributed by atoms with Crippen molar-refractivity contribution in [2.45, 2.75) is 30.8 Å². The standard InChI is InChI=1S/C40H34Cl2N6O11/c1-44(2)35-30(47(54)55)15-21(16-31(35)48(56)57)45-36(50)25-11-10-24-26(33(25)38(45)52)17-27-37(51)46(43-29-12-6-20(41)14-28(29)42)39(53)40(27,19-4-7-22(58-3)8-5-19)34(24)32-13-9-23(18-49)59-32/h4-10,12-16,25-27,33-34,43,49H,11,17-18H2,1-3H3. The minimum atomic E-state index is -1.73. The number of nitro groups is 2. The van der Waals surface area contributed by atoms with E-state index in [2.05, 4.69) is 5.43 Å². The second-order valence-corrected chi connectivity index (χ2v) is 15.8. The number of hydrogen-bond acceptors (Lipinski definition) is 13. The van der Waals surface area contributed by atoms with Gasteiger partial charge in [-0.25, -0.2) is 4.90 Å². The van der Waals surface area contributed by atoms with E-state index >= 15 is 4.79 Å². The number of imide groups is 2. The Kier molecular flexibility index (Phi) is 9.72. The first-order chi connectivity index (χ1) is 28.1. The van der Waals surface area contributed by atoms with Gasteiger partial charge >= 0.3 is 11.4 Å². The molecule has 3 aromatic carbocycles. The lowest BCUT2D eigenvalue weighted by Gasteiger charge is -2.49. The lowest BCUT2D eigenvalue weighted by atomic mass is 9.50. The number of aliphatic hydroxyl groups excluding tert-OH is 1. The lowest BCUT2D eigenvalue weighted by Crippen LogP contribution is -2.53. The SMILES string of the molecule is COc1ccc(C23C(=O)N(Nc4ccc(Cl)cc4Cl)C(=O)C2CC2C(=CCC4C(=O)N(c5cc([N+](=O)[O-])c(N(C)C)c([N+](=O)[O-])c5)C(=O)C42)C3c2ccc(CO)o2)cc1. The molecule has 3 heterocycles. The second kappa shape index (κ2) is 14.5. The molecule has 304 valence electrons. The van der Waals surface area contributed by atoms with E-state index in [1.165, 1.54) is 50.4 Å². The number of nitro benzene ring substituents is 2. The average Bonchev–Trinajstić information content (AvgIpc) is 3.85. The highest BCUT2D eigenvalue weighted by molar-refractivity contribution is 6.36. The quantitative estimate of drug-likeness (QED) is 0.0792. The number of hydrazine groups is 1. The number of benzene rings is 3. The maximum absolute atomic E-state index is 15.4. The number of carbonyl (C=O) groups excluding carboxylic acids is 4. The van der Waals surface area contributed by atoms with Crippen molar-refractivity contribution in [3.8, 4) is 5.75 Å². The zero-order valence-corrected chi connectivity index (χ0v) is 33.0. The lowest BCUT2D eigenvalue weighted by molar-refractivity contribution is -0.392. The average molecular weight is 846 g/mol. The van der Waals surface area contributed by atoms with Crippen LogP contribution in [0.3, 0.4) is 0 Å². The number of ether oxygens (including phenoxy) is 1. The summed E-state index contributed by atoms with van der Waals surface area (Å²) in [5.74, 6) is -7.32. The zero-order chi connectivity index (χ0) is 42.2. The number of furan rings is 1. The van der Waals surface area contributed by atoms with Crippen LogP contribution in [0, 0.1) is 43.9 Å². The van der Waals surface area contributed by atoms with E-state index < -0.39 is 86.5 Å². The van der Waals surface area contributed by atoms with Crippen molar-refractivity contribution < 1.29 is 43.3 Å². The third-order valence-electron chi connectivity index (χ3n) is 11.9. The smallest absolute Gasteiger partial charge is 0.301 e. The Morgan fingerprint density at radius 2 is 1.61 bits per heavy atom. The molecule has 0 radical (unpaired) electrons. The number of anilines is 3. The fraction of sp³-hybridized carbons (Fsp3) is 0.300. The number of allylic oxidation sites excluding steroid dienone is 2. The highest BCUT2D eigenvalue weighted by atomic mass is 35.5. The van der Waals surface area contributed by atoms with Crippen LogP contribution in [0.15, 0.2) is 82.8 Å². The monoisotopic (exact) mass is 844 g/mol. The molecule has 0 spiro atoms. The van der Waals surface area contributed by atoms with Crippen LogP contribution in [0.2, 0.25) is 10.0 Å². The second-order valence-electron chi connectivity index (χ2n) is 14.9. The molecule has 19 heteroatoms. The van der Waals surface area contributed by atoms with Crippen molar-refractivity contribution in [3.05, 3.63) is 126 Å². The molecular formula is C40H34Cl2N6O11. The molecule has 17 nitrogen and oxygen atoms in total. The summed E-state index contributed by atoms with van der Waals surface area (Å²) in [7, 11) is 4.27. The summed E-state index contributed by atoms with van der Waals surface area (Å²) in [6.07, 6.45) is 1.63. The summed E-state index contributed by atoms with van der Waals surface area (Å²) in [5, 5.41) is 35.9. The Balaban J connectivity index is 1.30. The topological polar surface area (TPSA) is 219 Å². The van der Waals surface area contributed by atoms with Crippen LogP contribution >= 0.6 is 23.2 Å². The molecule has 4 aliphatic rings.